The highest BCUT2D eigenvalue weighted by molar-refractivity contribution is 9.10. The van der Waals surface area contributed by atoms with Crippen LogP contribution >= 0.6 is 27.5 Å². The van der Waals surface area contributed by atoms with Gasteiger partial charge in [-0.3, -0.25) is 20.4 Å². The van der Waals surface area contributed by atoms with Gasteiger partial charge in [0.25, 0.3) is 5.91 Å². The lowest BCUT2D eigenvalue weighted by molar-refractivity contribution is -0.132. The van der Waals surface area contributed by atoms with Crippen molar-refractivity contribution in [1.82, 2.24) is 10.9 Å². The minimum atomic E-state index is -0.428. The van der Waals surface area contributed by atoms with Crippen LogP contribution in [0.3, 0.4) is 0 Å². The molecule has 5 nitrogen and oxygen atoms in total. The summed E-state index contributed by atoms with van der Waals surface area (Å²) in [6, 6.07) is 5.12. The molecule has 0 atom stereocenters. The van der Waals surface area contributed by atoms with E-state index in [1.165, 1.54) is 6.42 Å². The number of rotatable bonds is 4. The van der Waals surface area contributed by atoms with E-state index in [1.54, 1.807) is 18.2 Å². The number of amides is 2. The van der Waals surface area contributed by atoms with Crippen molar-refractivity contribution < 1.29 is 14.3 Å². The minimum Gasteiger partial charge on any atom is -0.482 e. The van der Waals surface area contributed by atoms with Crippen LogP contribution in [-0.2, 0) is 9.59 Å². The summed E-state index contributed by atoms with van der Waals surface area (Å²) in [7, 11) is 0. The predicted molar refractivity (Wildman–Crippen MR) is 87.5 cm³/mol. The fourth-order valence-corrected chi connectivity index (χ4v) is 3.10. The molecule has 1 aliphatic rings. The highest BCUT2D eigenvalue weighted by Gasteiger charge is 2.21. The van der Waals surface area contributed by atoms with Crippen LogP contribution in [0, 0.1) is 5.92 Å². The Morgan fingerprint density at radius 2 is 1.95 bits per heavy atom. The second kappa shape index (κ2) is 8.39. The van der Waals surface area contributed by atoms with E-state index in [2.05, 4.69) is 26.8 Å². The molecule has 0 aliphatic heterocycles. The maximum absolute atomic E-state index is 11.9. The Morgan fingerprint density at radius 3 is 2.64 bits per heavy atom. The maximum Gasteiger partial charge on any atom is 0.276 e. The highest BCUT2D eigenvalue weighted by atomic mass is 79.9. The Hall–Kier alpha value is -1.27. The van der Waals surface area contributed by atoms with Crippen LogP contribution < -0.4 is 15.6 Å². The number of ether oxygens (including phenoxy) is 1. The summed E-state index contributed by atoms with van der Waals surface area (Å²) in [5, 5.41) is 0.411. The van der Waals surface area contributed by atoms with Crippen LogP contribution in [0.2, 0.25) is 5.02 Å². The number of hydrazine groups is 1. The lowest BCUT2D eigenvalue weighted by atomic mass is 9.89. The van der Waals surface area contributed by atoms with E-state index >= 15 is 0 Å². The van der Waals surface area contributed by atoms with E-state index in [1.807, 2.05) is 0 Å². The van der Waals surface area contributed by atoms with Crippen LogP contribution in [0.1, 0.15) is 32.1 Å². The Bertz CT molecular complexity index is 548. The third kappa shape index (κ3) is 5.18. The van der Waals surface area contributed by atoms with Crippen molar-refractivity contribution >= 4 is 39.3 Å². The molecule has 7 heteroatoms. The SMILES string of the molecule is O=C(COc1ccc(Br)cc1Cl)NNC(=O)C1CCCCC1. The predicted octanol–water partition coefficient (Wildman–Crippen LogP) is 3.21. The number of halogens is 2. The first-order valence-corrected chi connectivity index (χ1v) is 8.40. The van der Waals surface area contributed by atoms with Gasteiger partial charge in [0, 0.05) is 10.4 Å². The molecule has 120 valence electrons. The Labute approximate surface area is 142 Å². The molecule has 1 fully saturated rings. The zero-order chi connectivity index (χ0) is 15.9. The quantitative estimate of drug-likeness (QED) is 0.777. The van der Waals surface area contributed by atoms with Crippen molar-refractivity contribution in [2.24, 2.45) is 5.92 Å². The summed E-state index contributed by atoms with van der Waals surface area (Å²) in [6.07, 6.45) is 5.08. The molecule has 2 rings (SSSR count). The van der Waals surface area contributed by atoms with Gasteiger partial charge >= 0.3 is 0 Å². The molecule has 1 aliphatic carbocycles. The molecular formula is C15H18BrClN2O3. The van der Waals surface area contributed by atoms with Gasteiger partial charge in [0.1, 0.15) is 5.75 Å². The molecule has 0 unspecified atom stereocenters. The van der Waals surface area contributed by atoms with Crippen molar-refractivity contribution in [3.05, 3.63) is 27.7 Å². The first-order valence-electron chi connectivity index (χ1n) is 7.23. The van der Waals surface area contributed by atoms with E-state index in [4.69, 9.17) is 16.3 Å². The van der Waals surface area contributed by atoms with E-state index in [9.17, 15) is 9.59 Å². The van der Waals surface area contributed by atoms with Gasteiger partial charge in [0.15, 0.2) is 6.61 Å². The Morgan fingerprint density at radius 1 is 1.23 bits per heavy atom. The summed E-state index contributed by atoms with van der Waals surface area (Å²) in [5.41, 5.74) is 4.82. The third-order valence-corrected chi connectivity index (χ3v) is 4.34. The van der Waals surface area contributed by atoms with Crippen LogP contribution in [0.4, 0.5) is 0 Å². The van der Waals surface area contributed by atoms with Crippen molar-refractivity contribution in [1.29, 1.82) is 0 Å². The average Bonchev–Trinajstić information content (AvgIpc) is 2.52. The lowest BCUT2D eigenvalue weighted by Crippen LogP contribution is -2.46. The molecular weight excluding hydrogens is 372 g/mol. The van der Waals surface area contributed by atoms with Crippen molar-refractivity contribution in [3.8, 4) is 5.75 Å². The molecule has 0 bridgehead atoms. The summed E-state index contributed by atoms with van der Waals surface area (Å²) >= 11 is 9.27. The molecule has 2 N–H and O–H groups in total. The van der Waals surface area contributed by atoms with Gasteiger partial charge in [0.05, 0.1) is 5.02 Å². The van der Waals surface area contributed by atoms with Crippen LogP contribution in [0.5, 0.6) is 5.75 Å². The molecule has 0 spiro atoms. The van der Waals surface area contributed by atoms with Crippen LogP contribution in [0.25, 0.3) is 0 Å². The number of benzene rings is 1. The number of hydrogen-bond donors (Lipinski definition) is 2. The molecule has 0 saturated heterocycles. The molecule has 2 amide bonds. The van der Waals surface area contributed by atoms with Gasteiger partial charge in [-0.2, -0.15) is 0 Å². The molecule has 22 heavy (non-hydrogen) atoms. The second-order valence-electron chi connectivity index (χ2n) is 5.24. The number of nitrogens with one attached hydrogen (secondary N) is 2. The zero-order valence-corrected chi connectivity index (χ0v) is 14.4. The largest absolute Gasteiger partial charge is 0.482 e. The summed E-state index contributed by atoms with van der Waals surface area (Å²) in [4.78, 5) is 23.6. The number of hydrogen-bond acceptors (Lipinski definition) is 3. The lowest BCUT2D eigenvalue weighted by Gasteiger charge is -2.20. The summed E-state index contributed by atoms with van der Waals surface area (Å²) < 4.78 is 6.14. The third-order valence-electron chi connectivity index (χ3n) is 3.55. The van der Waals surface area contributed by atoms with Crippen molar-refractivity contribution in [3.63, 3.8) is 0 Å². The molecule has 1 saturated carbocycles. The second-order valence-corrected chi connectivity index (χ2v) is 6.56. The fraction of sp³-hybridized carbons (Fsp3) is 0.467. The highest BCUT2D eigenvalue weighted by Crippen LogP contribution is 2.27. The van der Waals surface area contributed by atoms with E-state index < -0.39 is 5.91 Å². The van der Waals surface area contributed by atoms with E-state index in [0.717, 1.165) is 30.2 Å². The van der Waals surface area contributed by atoms with Gasteiger partial charge in [-0.05, 0) is 31.0 Å². The molecule has 1 aromatic carbocycles. The maximum atomic E-state index is 11.9. The van der Waals surface area contributed by atoms with E-state index in [0.29, 0.717) is 10.8 Å². The van der Waals surface area contributed by atoms with E-state index in [-0.39, 0.29) is 18.4 Å². The Kier molecular flexibility index (Phi) is 6.51. The molecule has 0 heterocycles. The number of carbonyl (C=O) groups excluding carboxylic acids is 2. The topological polar surface area (TPSA) is 67.4 Å². The normalized spacial score (nSPS) is 15.2. The molecule has 0 aromatic heterocycles. The first kappa shape index (κ1) is 17.1. The average molecular weight is 390 g/mol. The van der Waals surface area contributed by atoms with Gasteiger partial charge in [-0.1, -0.05) is 46.8 Å². The van der Waals surface area contributed by atoms with Crippen molar-refractivity contribution in [2.75, 3.05) is 6.61 Å². The first-order chi connectivity index (χ1) is 10.6. The Balaban J connectivity index is 1.72. The van der Waals surface area contributed by atoms with Gasteiger partial charge in [0.2, 0.25) is 5.91 Å². The van der Waals surface area contributed by atoms with Gasteiger partial charge < -0.3 is 4.74 Å². The minimum absolute atomic E-state index is 0.00381. The number of carbonyl (C=O) groups is 2. The summed E-state index contributed by atoms with van der Waals surface area (Å²) in [5.74, 6) is -0.146. The zero-order valence-electron chi connectivity index (χ0n) is 12.0. The monoisotopic (exact) mass is 388 g/mol. The standard InChI is InChI=1S/C15H18BrClN2O3/c16-11-6-7-13(12(17)8-11)22-9-14(20)18-19-15(21)10-4-2-1-3-5-10/h6-8,10H,1-5,9H2,(H,18,20)(H,19,21). The van der Waals surface area contributed by atoms with Gasteiger partial charge in [-0.15, -0.1) is 0 Å². The molecule has 1 aromatic rings. The van der Waals surface area contributed by atoms with Gasteiger partial charge in [-0.25, -0.2) is 0 Å². The fourth-order valence-electron chi connectivity index (χ4n) is 2.37. The molecule has 0 radical (unpaired) electrons. The smallest absolute Gasteiger partial charge is 0.276 e. The van der Waals surface area contributed by atoms with Crippen LogP contribution in [-0.4, -0.2) is 18.4 Å². The summed E-state index contributed by atoms with van der Waals surface area (Å²) in [6.45, 7) is -0.216. The van der Waals surface area contributed by atoms with Crippen molar-refractivity contribution in [2.45, 2.75) is 32.1 Å². The van der Waals surface area contributed by atoms with Crippen LogP contribution in [0.15, 0.2) is 22.7 Å².